The number of Topliss-reactive ketones (excluding diaryl/α,β-unsaturated/α-hetero) is 1. The van der Waals surface area contributed by atoms with Gasteiger partial charge in [0.2, 0.25) is 0 Å². The minimum Gasteiger partial charge on any atom is -0.372 e. The molecule has 122 valence electrons. The molecule has 1 aliphatic rings. The number of benzene rings is 1. The molecule has 0 N–H and O–H groups in total. The fraction of sp³-hybridized carbons (Fsp3) is 0.444. The quantitative estimate of drug-likeness (QED) is 0.631. The van der Waals surface area contributed by atoms with Crippen LogP contribution in [0.3, 0.4) is 0 Å². The Kier molecular flexibility index (Phi) is 3.98. The molecule has 1 aliphatic heterocycles. The highest BCUT2D eigenvalue weighted by molar-refractivity contribution is 6.45. The van der Waals surface area contributed by atoms with Gasteiger partial charge in [0.15, 0.2) is 0 Å². The van der Waals surface area contributed by atoms with Gasteiger partial charge in [-0.1, -0.05) is 18.2 Å². The summed E-state index contributed by atoms with van der Waals surface area (Å²) in [5.41, 5.74) is 2.30. The van der Waals surface area contributed by atoms with Crippen LogP contribution in [0.25, 0.3) is 10.9 Å². The second kappa shape index (κ2) is 5.81. The third-order valence-corrected chi connectivity index (χ3v) is 4.53. The van der Waals surface area contributed by atoms with E-state index >= 15 is 0 Å². The van der Waals surface area contributed by atoms with Crippen molar-refractivity contribution in [1.82, 2.24) is 9.47 Å². The number of para-hydroxylation sites is 1. The summed E-state index contributed by atoms with van der Waals surface area (Å²) in [6.45, 7) is 6.63. The lowest BCUT2D eigenvalue weighted by atomic mass is 10.0. The van der Waals surface area contributed by atoms with E-state index in [-0.39, 0.29) is 12.2 Å². The molecule has 2 heterocycles. The summed E-state index contributed by atoms with van der Waals surface area (Å²) >= 11 is 0. The maximum absolute atomic E-state index is 12.9. The van der Waals surface area contributed by atoms with Crippen LogP contribution in [-0.2, 0) is 16.6 Å². The van der Waals surface area contributed by atoms with E-state index in [1.807, 2.05) is 56.7 Å². The first-order chi connectivity index (χ1) is 10.9. The van der Waals surface area contributed by atoms with Gasteiger partial charge in [0.1, 0.15) is 0 Å². The van der Waals surface area contributed by atoms with Gasteiger partial charge in [-0.05, 0) is 26.8 Å². The minimum absolute atomic E-state index is 0.0517. The molecule has 2 unspecified atom stereocenters. The number of hydrogen-bond acceptors (Lipinski definition) is 3. The number of morpholine rings is 1. The molecule has 2 aromatic rings. The highest BCUT2D eigenvalue weighted by atomic mass is 16.5. The molecule has 1 saturated heterocycles. The second-order valence-electron chi connectivity index (χ2n) is 6.33. The van der Waals surface area contributed by atoms with Gasteiger partial charge in [0.25, 0.3) is 11.7 Å². The Morgan fingerprint density at radius 2 is 1.74 bits per heavy atom. The predicted octanol–water partition coefficient (Wildman–Crippen LogP) is 2.31. The Morgan fingerprint density at radius 1 is 1.13 bits per heavy atom. The van der Waals surface area contributed by atoms with Crippen LogP contribution in [0.2, 0.25) is 0 Å². The number of fused-ring (bicyclic) bond motifs is 1. The average molecular weight is 314 g/mol. The molecule has 23 heavy (non-hydrogen) atoms. The maximum atomic E-state index is 12.9. The van der Waals surface area contributed by atoms with Crippen molar-refractivity contribution in [2.75, 3.05) is 13.1 Å². The summed E-state index contributed by atoms with van der Waals surface area (Å²) < 4.78 is 7.60. The Morgan fingerprint density at radius 3 is 2.39 bits per heavy atom. The monoisotopic (exact) mass is 314 g/mol. The number of carbonyl (C=O) groups excluding carboxylic acids is 2. The van der Waals surface area contributed by atoms with Gasteiger partial charge in [-0.3, -0.25) is 9.59 Å². The fourth-order valence-corrected chi connectivity index (χ4v) is 3.40. The van der Waals surface area contributed by atoms with Gasteiger partial charge in [0, 0.05) is 36.7 Å². The molecular weight excluding hydrogens is 292 g/mol. The summed E-state index contributed by atoms with van der Waals surface area (Å²) in [6, 6.07) is 7.68. The number of amides is 1. The van der Waals surface area contributed by atoms with Gasteiger partial charge in [0.05, 0.1) is 17.8 Å². The average Bonchev–Trinajstić information content (AvgIpc) is 2.77. The summed E-state index contributed by atoms with van der Waals surface area (Å²) in [5, 5.41) is 0.834. The lowest BCUT2D eigenvalue weighted by molar-refractivity contribution is -0.138. The van der Waals surface area contributed by atoms with E-state index in [0.717, 1.165) is 16.6 Å². The number of ketones is 1. The molecule has 1 fully saturated rings. The summed E-state index contributed by atoms with van der Waals surface area (Å²) in [6.07, 6.45) is -0.103. The van der Waals surface area contributed by atoms with Crippen LogP contribution in [0.5, 0.6) is 0 Å². The van der Waals surface area contributed by atoms with Crippen LogP contribution in [0.15, 0.2) is 24.3 Å². The van der Waals surface area contributed by atoms with E-state index in [1.165, 1.54) is 0 Å². The topological polar surface area (TPSA) is 51.5 Å². The van der Waals surface area contributed by atoms with Crippen LogP contribution >= 0.6 is 0 Å². The first kappa shape index (κ1) is 15.7. The molecule has 1 amide bonds. The zero-order valence-corrected chi connectivity index (χ0v) is 14.0. The van der Waals surface area contributed by atoms with Crippen LogP contribution in [0.1, 0.15) is 29.9 Å². The molecule has 5 nitrogen and oxygen atoms in total. The van der Waals surface area contributed by atoms with Crippen LogP contribution in [0.4, 0.5) is 0 Å². The van der Waals surface area contributed by atoms with E-state index < -0.39 is 11.7 Å². The second-order valence-corrected chi connectivity index (χ2v) is 6.33. The number of carbonyl (C=O) groups is 2. The number of rotatable bonds is 2. The fourth-order valence-electron chi connectivity index (χ4n) is 3.40. The number of ether oxygens (including phenoxy) is 1. The molecule has 0 saturated carbocycles. The zero-order valence-electron chi connectivity index (χ0n) is 14.0. The van der Waals surface area contributed by atoms with E-state index in [0.29, 0.717) is 18.7 Å². The van der Waals surface area contributed by atoms with Gasteiger partial charge in [-0.15, -0.1) is 0 Å². The van der Waals surface area contributed by atoms with Gasteiger partial charge >= 0.3 is 0 Å². The van der Waals surface area contributed by atoms with Gasteiger partial charge < -0.3 is 14.2 Å². The summed E-state index contributed by atoms with van der Waals surface area (Å²) in [7, 11) is 1.91. The van der Waals surface area contributed by atoms with E-state index in [9.17, 15) is 9.59 Å². The molecule has 1 aromatic carbocycles. The highest BCUT2D eigenvalue weighted by Gasteiger charge is 2.32. The summed E-state index contributed by atoms with van der Waals surface area (Å²) in [4.78, 5) is 27.2. The van der Waals surface area contributed by atoms with E-state index in [1.54, 1.807) is 4.90 Å². The number of hydrogen-bond donors (Lipinski definition) is 0. The third kappa shape index (κ3) is 2.65. The molecular formula is C18H22N2O3. The molecule has 0 spiro atoms. The normalized spacial score (nSPS) is 21.7. The van der Waals surface area contributed by atoms with Crippen LogP contribution < -0.4 is 0 Å². The predicted molar refractivity (Wildman–Crippen MR) is 88.6 cm³/mol. The van der Waals surface area contributed by atoms with Crippen molar-refractivity contribution in [3.8, 4) is 0 Å². The number of nitrogens with zero attached hydrogens (tertiary/aromatic N) is 2. The molecule has 0 aliphatic carbocycles. The lowest BCUT2D eigenvalue weighted by Gasteiger charge is -2.34. The maximum Gasteiger partial charge on any atom is 0.295 e. The molecule has 2 atom stereocenters. The van der Waals surface area contributed by atoms with E-state index in [2.05, 4.69) is 0 Å². The Bertz CT molecular complexity index is 768. The van der Waals surface area contributed by atoms with Crippen molar-refractivity contribution in [1.29, 1.82) is 0 Å². The lowest BCUT2D eigenvalue weighted by Crippen LogP contribution is -2.50. The SMILES string of the molecule is Cc1c(C(=O)C(=O)N2CC(C)OC(C)C2)c2ccccc2n1C. The molecule has 3 rings (SSSR count). The van der Waals surface area contributed by atoms with Crippen molar-refractivity contribution in [3.05, 3.63) is 35.5 Å². The molecule has 1 aromatic heterocycles. The third-order valence-electron chi connectivity index (χ3n) is 4.53. The Labute approximate surface area is 135 Å². The molecule has 0 bridgehead atoms. The van der Waals surface area contributed by atoms with E-state index in [4.69, 9.17) is 4.74 Å². The van der Waals surface area contributed by atoms with Crippen LogP contribution in [0, 0.1) is 6.92 Å². The van der Waals surface area contributed by atoms with Crippen molar-refractivity contribution in [2.24, 2.45) is 7.05 Å². The standard InChI is InChI=1S/C18H22N2O3/c1-11-9-20(10-12(2)23-11)18(22)17(21)16-13(3)19(4)15-8-6-5-7-14(15)16/h5-8,11-12H,9-10H2,1-4H3. The number of aromatic nitrogens is 1. The van der Waals surface area contributed by atoms with Crippen molar-refractivity contribution in [2.45, 2.75) is 33.0 Å². The smallest absolute Gasteiger partial charge is 0.295 e. The van der Waals surface area contributed by atoms with Gasteiger partial charge in [-0.25, -0.2) is 0 Å². The Hall–Kier alpha value is -2.14. The van der Waals surface area contributed by atoms with Gasteiger partial charge in [-0.2, -0.15) is 0 Å². The highest BCUT2D eigenvalue weighted by Crippen LogP contribution is 2.26. The Balaban J connectivity index is 1.97. The number of aryl methyl sites for hydroxylation is 1. The van der Waals surface area contributed by atoms with Crippen molar-refractivity contribution < 1.29 is 14.3 Å². The van der Waals surface area contributed by atoms with Crippen molar-refractivity contribution in [3.63, 3.8) is 0 Å². The zero-order chi connectivity index (χ0) is 16.7. The first-order valence-electron chi connectivity index (χ1n) is 7.93. The molecule has 0 radical (unpaired) electrons. The molecule has 5 heteroatoms. The van der Waals surface area contributed by atoms with Crippen LogP contribution in [-0.4, -0.2) is 46.5 Å². The minimum atomic E-state index is -0.438. The largest absolute Gasteiger partial charge is 0.372 e. The first-order valence-corrected chi connectivity index (χ1v) is 7.93. The summed E-state index contributed by atoms with van der Waals surface area (Å²) in [5.74, 6) is -0.868. The van der Waals surface area contributed by atoms with Crippen molar-refractivity contribution >= 4 is 22.6 Å².